The van der Waals surface area contributed by atoms with Gasteiger partial charge in [-0.2, -0.15) is 0 Å². The lowest BCUT2D eigenvalue weighted by molar-refractivity contribution is 0.103. The van der Waals surface area contributed by atoms with E-state index in [-0.39, 0.29) is 0 Å². The minimum atomic E-state index is -0.481. The Morgan fingerprint density at radius 2 is 2.04 bits per heavy atom. The van der Waals surface area contributed by atoms with E-state index < -0.39 is 6.10 Å². The van der Waals surface area contributed by atoms with E-state index in [9.17, 15) is 5.11 Å². The molecule has 0 aromatic heterocycles. The zero-order chi connectivity index (χ0) is 16.8. The van der Waals surface area contributed by atoms with Gasteiger partial charge in [-0.3, -0.25) is 4.90 Å². The van der Waals surface area contributed by atoms with Crippen LogP contribution < -0.4 is 10.1 Å². The normalized spacial score (nSPS) is 20.0. The number of ether oxygens (including phenoxy) is 1. The molecule has 1 saturated heterocycles. The summed E-state index contributed by atoms with van der Waals surface area (Å²) < 4.78 is 5.87. The molecule has 0 bridgehead atoms. The third kappa shape index (κ3) is 4.93. The van der Waals surface area contributed by atoms with Crippen LogP contribution in [0.3, 0.4) is 0 Å². The zero-order valence-electron chi connectivity index (χ0n) is 15.1. The predicted octanol–water partition coefficient (Wildman–Crippen LogP) is 2.43. The molecule has 1 aromatic carbocycles. The van der Waals surface area contributed by atoms with Crippen molar-refractivity contribution in [2.45, 2.75) is 52.7 Å². The minimum absolute atomic E-state index is 0.334. The first-order valence-corrected chi connectivity index (χ1v) is 8.85. The second-order valence-corrected chi connectivity index (χ2v) is 6.70. The number of likely N-dealkylation sites (tertiary alicyclic amines) is 1. The van der Waals surface area contributed by atoms with Crippen molar-refractivity contribution >= 4 is 0 Å². The Bertz CT molecular complexity index is 504. The lowest BCUT2D eigenvalue weighted by atomic mass is 10.1. The van der Waals surface area contributed by atoms with Crippen LogP contribution in [-0.2, 0) is 0 Å². The molecule has 1 aromatic rings. The van der Waals surface area contributed by atoms with Crippen LogP contribution in [-0.4, -0.2) is 54.9 Å². The Morgan fingerprint density at radius 3 is 2.78 bits per heavy atom. The van der Waals surface area contributed by atoms with Gasteiger partial charge < -0.3 is 15.2 Å². The zero-order valence-corrected chi connectivity index (χ0v) is 15.1. The van der Waals surface area contributed by atoms with Gasteiger partial charge >= 0.3 is 0 Å². The molecule has 4 nitrogen and oxygen atoms in total. The average Bonchev–Trinajstić information content (AvgIpc) is 2.98. The molecule has 0 spiro atoms. The van der Waals surface area contributed by atoms with E-state index in [1.165, 1.54) is 24.9 Å². The summed E-state index contributed by atoms with van der Waals surface area (Å²) in [6, 6.07) is 4.80. The molecule has 0 amide bonds. The third-order valence-electron chi connectivity index (χ3n) is 4.96. The smallest absolute Gasteiger partial charge is 0.125 e. The highest BCUT2D eigenvalue weighted by molar-refractivity contribution is 5.44. The van der Waals surface area contributed by atoms with Gasteiger partial charge in [0.2, 0.25) is 0 Å². The molecule has 2 N–H and O–H groups in total. The summed E-state index contributed by atoms with van der Waals surface area (Å²) in [5.74, 6) is 0.914. The van der Waals surface area contributed by atoms with E-state index in [1.54, 1.807) is 0 Å². The van der Waals surface area contributed by atoms with Crippen LogP contribution in [0.5, 0.6) is 5.75 Å². The lowest BCUT2D eigenvalue weighted by Crippen LogP contribution is -2.41. The molecule has 2 atom stereocenters. The summed E-state index contributed by atoms with van der Waals surface area (Å²) >= 11 is 0. The molecule has 1 aliphatic rings. The van der Waals surface area contributed by atoms with Gasteiger partial charge in [0.25, 0.3) is 0 Å². The molecule has 1 aliphatic heterocycles. The predicted molar refractivity (Wildman–Crippen MR) is 95.3 cm³/mol. The number of rotatable bonds is 8. The molecule has 1 heterocycles. The first-order chi connectivity index (χ1) is 11.0. The highest BCUT2D eigenvalue weighted by Gasteiger charge is 2.22. The minimum Gasteiger partial charge on any atom is -0.490 e. The highest BCUT2D eigenvalue weighted by Crippen LogP contribution is 2.25. The Morgan fingerprint density at radius 1 is 1.30 bits per heavy atom. The number of benzene rings is 1. The lowest BCUT2D eigenvalue weighted by Gasteiger charge is -2.24. The molecule has 0 radical (unpaired) electrons. The van der Waals surface area contributed by atoms with Gasteiger partial charge in [0.1, 0.15) is 18.5 Å². The first-order valence-electron chi connectivity index (χ1n) is 8.85. The van der Waals surface area contributed by atoms with E-state index in [0.29, 0.717) is 19.2 Å². The molecule has 0 saturated carbocycles. The fourth-order valence-corrected chi connectivity index (χ4v) is 3.35. The summed E-state index contributed by atoms with van der Waals surface area (Å²) in [5.41, 5.74) is 3.51. The number of aliphatic hydroxyl groups is 1. The Kier molecular flexibility index (Phi) is 6.88. The molecule has 130 valence electrons. The van der Waals surface area contributed by atoms with Crippen molar-refractivity contribution < 1.29 is 9.84 Å². The van der Waals surface area contributed by atoms with Crippen molar-refractivity contribution in [2.24, 2.45) is 0 Å². The molecule has 0 aliphatic carbocycles. The number of nitrogens with zero attached hydrogens (tertiary/aromatic N) is 1. The summed E-state index contributed by atoms with van der Waals surface area (Å²) in [6.45, 7) is 12.6. The average molecular weight is 320 g/mol. The molecular weight excluding hydrogens is 288 g/mol. The SMILES string of the molecule is CCN1CCC[C@@H]1CNC[C@@H](O)COc1c(C)ccc(C)c1C. The van der Waals surface area contributed by atoms with Crippen LogP contribution >= 0.6 is 0 Å². The molecule has 23 heavy (non-hydrogen) atoms. The van der Waals surface area contributed by atoms with Gasteiger partial charge in [0.05, 0.1) is 0 Å². The standard InChI is InChI=1S/C19H32N2O2/c1-5-21-10-6-7-17(21)11-20-12-18(22)13-23-19-15(3)9-8-14(2)16(19)4/h8-9,17-18,20,22H,5-7,10-13H2,1-4H3/t17-,18-/m1/s1. The quantitative estimate of drug-likeness (QED) is 0.772. The Labute approximate surface area is 140 Å². The van der Waals surface area contributed by atoms with Crippen molar-refractivity contribution in [3.05, 3.63) is 28.8 Å². The Hall–Kier alpha value is -1.10. The van der Waals surface area contributed by atoms with Crippen molar-refractivity contribution in [1.82, 2.24) is 10.2 Å². The molecule has 0 unspecified atom stereocenters. The van der Waals surface area contributed by atoms with Crippen LogP contribution in [0.2, 0.25) is 0 Å². The second-order valence-electron chi connectivity index (χ2n) is 6.70. The fourth-order valence-electron chi connectivity index (χ4n) is 3.35. The van der Waals surface area contributed by atoms with E-state index >= 15 is 0 Å². The van der Waals surface area contributed by atoms with Crippen molar-refractivity contribution in [3.8, 4) is 5.75 Å². The topological polar surface area (TPSA) is 44.7 Å². The van der Waals surface area contributed by atoms with Crippen LogP contribution in [0.1, 0.15) is 36.5 Å². The summed E-state index contributed by atoms with van der Waals surface area (Å²) in [5, 5.41) is 13.6. The van der Waals surface area contributed by atoms with E-state index in [2.05, 4.69) is 43.1 Å². The highest BCUT2D eigenvalue weighted by atomic mass is 16.5. The number of hydrogen-bond acceptors (Lipinski definition) is 4. The summed E-state index contributed by atoms with van der Waals surface area (Å²) in [6.07, 6.45) is 2.07. The van der Waals surface area contributed by atoms with Gasteiger partial charge in [-0.15, -0.1) is 0 Å². The van der Waals surface area contributed by atoms with E-state index in [1.807, 2.05) is 6.92 Å². The number of aliphatic hydroxyl groups excluding tert-OH is 1. The molecule has 1 fully saturated rings. The van der Waals surface area contributed by atoms with Crippen molar-refractivity contribution in [1.29, 1.82) is 0 Å². The van der Waals surface area contributed by atoms with Gasteiger partial charge in [-0.1, -0.05) is 19.1 Å². The van der Waals surface area contributed by atoms with Crippen LogP contribution in [0.4, 0.5) is 0 Å². The van der Waals surface area contributed by atoms with Gasteiger partial charge in [0.15, 0.2) is 0 Å². The van der Waals surface area contributed by atoms with E-state index in [4.69, 9.17) is 4.74 Å². The maximum atomic E-state index is 10.2. The van der Waals surface area contributed by atoms with Crippen molar-refractivity contribution in [3.63, 3.8) is 0 Å². The molecule has 4 heteroatoms. The third-order valence-corrected chi connectivity index (χ3v) is 4.96. The van der Waals surface area contributed by atoms with E-state index in [0.717, 1.165) is 30.0 Å². The number of aryl methyl sites for hydroxylation is 2. The Balaban J connectivity index is 1.73. The molecular formula is C19H32N2O2. The fraction of sp³-hybridized carbons (Fsp3) is 0.684. The van der Waals surface area contributed by atoms with Crippen LogP contribution in [0, 0.1) is 20.8 Å². The summed E-state index contributed by atoms with van der Waals surface area (Å²) in [7, 11) is 0. The first kappa shape index (κ1) is 18.2. The second kappa shape index (κ2) is 8.67. The number of hydrogen-bond donors (Lipinski definition) is 2. The maximum Gasteiger partial charge on any atom is 0.125 e. The van der Waals surface area contributed by atoms with Crippen molar-refractivity contribution in [2.75, 3.05) is 32.8 Å². The maximum absolute atomic E-state index is 10.2. The van der Waals surface area contributed by atoms with Gasteiger partial charge in [0, 0.05) is 19.1 Å². The monoisotopic (exact) mass is 320 g/mol. The van der Waals surface area contributed by atoms with Gasteiger partial charge in [-0.05, 0) is 63.4 Å². The largest absolute Gasteiger partial charge is 0.490 e. The van der Waals surface area contributed by atoms with Crippen LogP contribution in [0.15, 0.2) is 12.1 Å². The van der Waals surface area contributed by atoms with Gasteiger partial charge in [-0.25, -0.2) is 0 Å². The van der Waals surface area contributed by atoms with Crippen LogP contribution in [0.25, 0.3) is 0 Å². The number of nitrogens with one attached hydrogen (secondary N) is 1. The summed E-state index contributed by atoms with van der Waals surface area (Å²) in [4.78, 5) is 2.51. The molecule has 2 rings (SSSR count). The number of likely N-dealkylation sites (N-methyl/N-ethyl adjacent to an activating group) is 1.